The fourth-order valence-corrected chi connectivity index (χ4v) is 3.01. The molecular formula is C20H21ClN2O4. The molecule has 0 bridgehead atoms. The van der Waals surface area contributed by atoms with E-state index in [1.54, 1.807) is 17.0 Å². The van der Waals surface area contributed by atoms with E-state index in [9.17, 15) is 9.59 Å². The van der Waals surface area contributed by atoms with Crippen LogP contribution in [0.15, 0.2) is 54.6 Å². The number of carbonyl (C=O) groups excluding carboxylic acids is 2. The van der Waals surface area contributed by atoms with Gasteiger partial charge in [-0.25, -0.2) is 4.79 Å². The molecule has 0 radical (unpaired) electrons. The van der Waals surface area contributed by atoms with Crippen molar-refractivity contribution in [1.29, 1.82) is 0 Å². The van der Waals surface area contributed by atoms with E-state index in [0.29, 0.717) is 37.0 Å². The third kappa shape index (κ3) is 5.62. The third-order valence-electron chi connectivity index (χ3n) is 4.26. The summed E-state index contributed by atoms with van der Waals surface area (Å²) in [5.74, 6) is -0.184. The number of para-hydroxylation sites is 1. The standard InChI is InChI=1S/C20H21ClN2O4/c21-16-5-4-6-17(13-16)22-9-11-23(12-10-22)19(24)14-27-20(25)15-26-18-7-2-1-3-8-18/h1-8,13H,9-12,14-15H2. The van der Waals surface area contributed by atoms with Crippen LogP contribution >= 0.6 is 11.6 Å². The number of anilines is 1. The van der Waals surface area contributed by atoms with Gasteiger partial charge >= 0.3 is 5.97 Å². The van der Waals surface area contributed by atoms with Crippen LogP contribution in [0.3, 0.4) is 0 Å². The summed E-state index contributed by atoms with van der Waals surface area (Å²) in [5.41, 5.74) is 1.04. The van der Waals surface area contributed by atoms with E-state index in [1.165, 1.54) is 0 Å². The van der Waals surface area contributed by atoms with Crippen LogP contribution < -0.4 is 9.64 Å². The maximum Gasteiger partial charge on any atom is 0.344 e. The van der Waals surface area contributed by atoms with Crippen molar-refractivity contribution >= 4 is 29.2 Å². The second kappa shape index (κ2) is 9.28. The monoisotopic (exact) mass is 388 g/mol. The number of esters is 1. The van der Waals surface area contributed by atoms with Crippen molar-refractivity contribution in [2.75, 3.05) is 44.3 Å². The number of piperazine rings is 1. The Morgan fingerprint density at radius 2 is 1.67 bits per heavy atom. The second-order valence-corrected chi connectivity index (χ2v) is 6.55. The highest BCUT2D eigenvalue weighted by atomic mass is 35.5. The molecule has 2 aromatic rings. The molecule has 0 atom stereocenters. The zero-order valence-corrected chi connectivity index (χ0v) is 15.6. The molecule has 1 aliphatic rings. The molecule has 1 aliphatic heterocycles. The van der Waals surface area contributed by atoms with Crippen LogP contribution in [0.4, 0.5) is 5.69 Å². The summed E-state index contributed by atoms with van der Waals surface area (Å²) in [5, 5.41) is 0.690. The zero-order valence-electron chi connectivity index (χ0n) is 14.8. The SMILES string of the molecule is O=C(COc1ccccc1)OCC(=O)N1CCN(c2cccc(Cl)c2)CC1. The van der Waals surface area contributed by atoms with Gasteiger partial charge in [-0.2, -0.15) is 0 Å². The van der Waals surface area contributed by atoms with Gasteiger partial charge in [-0.05, 0) is 30.3 Å². The van der Waals surface area contributed by atoms with Gasteiger partial charge in [0.25, 0.3) is 5.91 Å². The number of hydrogen-bond donors (Lipinski definition) is 0. The molecule has 6 nitrogen and oxygen atoms in total. The van der Waals surface area contributed by atoms with Crippen molar-refractivity contribution in [2.24, 2.45) is 0 Å². The van der Waals surface area contributed by atoms with Gasteiger partial charge in [0.05, 0.1) is 0 Å². The Morgan fingerprint density at radius 3 is 2.37 bits per heavy atom. The summed E-state index contributed by atoms with van der Waals surface area (Å²) in [6.07, 6.45) is 0. The van der Waals surface area contributed by atoms with E-state index >= 15 is 0 Å². The first-order valence-corrected chi connectivity index (χ1v) is 9.11. The summed E-state index contributed by atoms with van der Waals surface area (Å²) in [7, 11) is 0. The van der Waals surface area contributed by atoms with Crippen molar-refractivity contribution in [1.82, 2.24) is 4.90 Å². The van der Waals surface area contributed by atoms with Gasteiger partial charge in [0.1, 0.15) is 5.75 Å². The van der Waals surface area contributed by atoms with Crippen molar-refractivity contribution in [3.05, 3.63) is 59.6 Å². The molecule has 0 N–H and O–H groups in total. The highest BCUT2D eigenvalue weighted by Gasteiger charge is 2.22. The first-order chi connectivity index (χ1) is 13.1. The normalized spacial score (nSPS) is 14.0. The molecule has 0 aromatic heterocycles. The topological polar surface area (TPSA) is 59.1 Å². The second-order valence-electron chi connectivity index (χ2n) is 6.11. The molecule has 7 heteroatoms. The van der Waals surface area contributed by atoms with Crippen molar-refractivity contribution < 1.29 is 19.1 Å². The minimum atomic E-state index is -0.565. The van der Waals surface area contributed by atoms with Gasteiger partial charge in [0.15, 0.2) is 13.2 Å². The molecule has 1 saturated heterocycles. The predicted molar refractivity (Wildman–Crippen MR) is 103 cm³/mol. The molecular weight excluding hydrogens is 368 g/mol. The molecule has 1 fully saturated rings. The molecule has 0 aliphatic carbocycles. The summed E-state index contributed by atoms with van der Waals surface area (Å²) < 4.78 is 10.3. The van der Waals surface area contributed by atoms with Gasteiger partial charge in [-0.3, -0.25) is 4.79 Å². The van der Waals surface area contributed by atoms with Crippen LogP contribution in [0.2, 0.25) is 5.02 Å². The lowest BCUT2D eigenvalue weighted by Gasteiger charge is -2.36. The lowest BCUT2D eigenvalue weighted by molar-refractivity contribution is -0.153. The number of rotatable bonds is 6. The van der Waals surface area contributed by atoms with Crippen LogP contribution in [0.1, 0.15) is 0 Å². The summed E-state index contributed by atoms with van der Waals surface area (Å²) >= 11 is 6.03. The minimum absolute atomic E-state index is 0.200. The van der Waals surface area contributed by atoms with Crippen LogP contribution in [0.5, 0.6) is 5.75 Å². The zero-order chi connectivity index (χ0) is 19.1. The fourth-order valence-electron chi connectivity index (χ4n) is 2.82. The van der Waals surface area contributed by atoms with Crippen molar-refractivity contribution in [3.63, 3.8) is 0 Å². The molecule has 0 spiro atoms. The van der Waals surface area contributed by atoms with Crippen LogP contribution in [0, 0.1) is 0 Å². The molecule has 1 heterocycles. The first-order valence-electron chi connectivity index (χ1n) is 8.73. The Morgan fingerprint density at radius 1 is 0.926 bits per heavy atom. The van der Waals surface area contributed by atoms with Gasteiger partial charge in [0.2, 0.25) is 0 Å². The maximum absolute atomic E-state index is 12.2. The third-order valence-corrected chi connectivity index (χ3v) is 4.50. The van der Waals surface area contributed by atoms with Gasteiger partial charge in [-0.15, -0.1) is 0 Å². The average Bonchev–Trinajstić information content (AvgIpc) is 2.71. The van der Waals surface area contributed by atoms with Gasteiger partial charge in [0, 0.05) is 36.9 Å². The summed E-state index contributed by atoms with van der Waals surface area (Å²) in [6, 6.07) is 16.6. The van der Waals surface area contributed by atoms with Crippen LogP contribution in [-0.2, 0) is 14.3 Å². The predicted octanol–water partition coefficient (Wildman–Crippen LogP) is 2.61. The van der Waals surface area contributed by atoms with E-state index in [2.05, 4.69) is 4.90 Å². The Kier molecular flexibility index (Phi) is 6.54. The number of hydrogen-bond acceptors (Lipinski definition) is 5. The van der Waals surface area contributed by atoms with Gasteiger partial charge < -0.3 is 19.3 Å². The number of amides is 1. The van der Waals surface area contributed by atoms with Gasteiger partial charge in [-0.1, -0.05) is 35.9 Å². The summed E-state index contributed by atoms with van der Waals surface area (Å²) in [6.45, 7) is 2.06. The highest BCUT2D eigenvalue weighted by molar-refractivity contribution is 6.30. The average molecular weight is 389 g/mol. The smallest absolute Gasteiger partial charge is 0.344 e. The fraction of sp³-hybridized carbons (Fsp3) is 0.300. The molecule has 1 amide bonds. The maximum atomic E-state index is 12.2. The summed E-state index contributed by atoms with van der Waals surface area (Å²) in [4.78, 5) is 27.9. The Hall–Kier alpha value is -2.73. The molecule has 0 saturated carbocycles. The quantitative estimate of drug-likeness (QED) is 0.712. The van der Waals surface area contributed by atoms with Crippen LogP contribution in [-0.4, -0.2) is 56.2 Å². The Bertz CT molecular complexity index is 777. The molecule has 142 valence electrons. The number of ether oxygens (including phenoxy) is 2. The molecule has 0 unspecified atom stereocenters. The lowest BCUT2D eigenvalue weighted by atomic mass is 10.2. The van der Waals surface area contributed by atoms with E-state index in [-0.39, 0.29) is 19.1 Å². The number of carbonyl (C=O) groups is 2. The minimum Gasteiger partial charge on any atom is -0.482 e. The van der Waals surface area contributed by atoms with E-state index in [1.807, 2.05) is 42.5 Å². The number of nitrogens with zero attached hydrogens (tertiary/aromatic N) is 2. The molecule has 3 rings (SSSR count). The van der Waals surface area contributed by atoms with Crippen molar-refractivity contribution in [3.8, 4) is 5.75 Å². The lowest BCUT2D eigenvalue weighted by Crippen LogP contribution is -2.50. The largest absolute Gasteiger partial charge is 0.482 e. The van der Waals surface area contributed by atoms with E-state index in [4.69, 9.17) is 21.1 Å². The Balaban J connectivity index is 1.38. The van der Waals surface area contributed by atoms with Crippen LogP contribution in [0.25, 0.3) is 0 Å². The van der Waals surface area contributed by atoms with E-state index in [0.717, 1.165) is 5.69 Å². The number of benzene rings is 2. The highest BCUT2D eigenvalue weighted by Crippen LogP contribution is 2.20. The molecule has 27 heavy (non-hydrogen) atoms. The van der Waals surface area contributed by atoms with E-state index < -0.39 is 5.97 Å². The Labute approximate surface area is 163 Å². The molecule has 2 aromatic carbocycles. The van der Waals surface area contributed by atoms with Crippen molar-refractivity contribution in [2.45, 2.75) is 0 Å². The first kappa shape index (κ1) is 19.0. The number of halogens is 1.